The molecule has 1 heterocycles. The highest BCUT2D eigenvalue weighted by Gasteiger charge is 2.30. The normalized spacial score (nSPS) is 18.2. The molecule has 2 amide bonds. The summed E-state index contributed by atoms with van der Waals surface area (Å²) < 4.78 is 5.26. The van der Waals surface area contributed by atoms with E-state index in [1.807, 2.05) is 12.1 Å². The third-order valence-electron chi connectivity index (χ3n) is 4.58. The molecule has 5 nitrogen and oxygen atoms in total. The third kappa shape index (κ3) is 5.49. The van der Waals surface area contributed by atoms with E-state index < -0.39 is 5.60 Å². The van der Waals surface area contributed by atoms with E-state index in [1.165, 1.54) is 5.56 Å². The minimum Gasteiger partial charge on any atom is -0.388 e. The second kappa shape index (κ2) is 8.49. The van der Waals surface area contributed by atoms with E-state index in [-0.39, 0.29) is 18.6 Å². The highest BCUT2D eigenvalue weighted by atomic mass is 16.5. The minimum atomic E-state index is -0.855. The number of ether oxygens (including phenoxy) is 1. The summed E-state index contributed by atoms with van der Waals surface area (Å²) in [5, 5.41) is 16.3. The van der Waals surface area contributed by atoms with Crippen molar-refractivity contribution in [1.82, 2.24) is 10.6 Å². The standard InChI is InChI=1S/C19H30N2O3/c1-14(2)12-17(16-7-5-4-6-15(16)3)21-18(22)20-13-19(23)8-10-24-11-9-19/h4-7,14,17,23H,8-13H2,1-3H3,(H2,20,21,22). The molecule has 0 spiro atoms. The number of carbonyl (C=O) groups excluding carboxylic acids is 1. The van der Waals surface area contributed by atoms with Crippen LogP contribution in [0.2, 0.25) is 0 Å². The van der Waals surface area contributed by atoms with Crippen molar-refractivity contribution in [3.63, 3.8) is 0 Å². The molecule has 1 saturated heterocycles. The summed E-state index contributed by atoms with van der Waals surface area (Å²) in [4.78, 5) is 12.3. The van der Waals surface area contributed by atoms with Crippen molar-refractivity contribution in [2.45, 2.75) is 51.7 Å². The summed E-state index contributed by atoms with van der Waals surface area (Å²) in [7, 11) is 0. The lowest BCUT2D eigenvalue weighted by Crippen LogP contribution is -2.49. The molecule has 0 saturated carbocycles. The van der Waals surface area contributed by atoms with Crippen molar-refractivity contribution in [2.24, 2.45) is 5.92 Å². The number of urea groups is 1. The number of aryl methyl sites for hydroxylation is 1. The quantitative estimate of drug-likeness (QED) is 0.749. The van der Waals surface area contributed by atoms with Crippen LogP contribution in [0.15, 0.2) is 24.3 Å². The fourth-order valence-electron chi connectivity index (χ4n) is 3.10. The smallest absolute Gasteiger partial charge is 0.315 e. The number of hydrogen-bond acceptors (Lipinski definition) is 3. The van der Waals surface area contributed by atoms with Crippen LogP contribution in [-0.4, -0.2) is 36.5 Å². The van der Waals surface area contributed by atoms with Gasteiger partial charge in [-0.15, -0.1) is 0 Å². The Morgan fingerprint density at radius 2 is 1.96 bits per heavy atom. The van der Waals surface area contributed by atoms with Gasteiger partial charge in [-0.3, -0.25) is 0 Å². The van der Waals surface area contributed by atoms with Gasteiger partial charge in [0.05, 0.1) is 11.6 Å². The summed E-state index contributed by atoms with van der Waals surface area (Å²) in [5.41, 5.74) is 1.46. The van der Waals surface area contributed by atoms with Crippen LogP contribution in [0, 0.1) is 12.8 Å². The van der Waals surface area contributed by atoms with E-state index >= 15 is 0 Å². The first kappa shape index (κ1) is 18.7. The molecule has 3 N–H and O–H groups in total. The topological polar surface area (TPSA) is 70.6 Å². The van der Waals surface area contributed by atoms with Gasteiger partial charge in [-0.25, -0.2) is 4.79 Å². The fraction of sp³-hybridized carbons (Fsp3) is 0.632. The van der Waals surface area contributed by atoms with Crippen LogP contribution in [-0.2, 0) is 4.74 Å². The predicted molar refractivity (Wildman–Crippen MR) is 94.9 cm³/mol. The van der Waals surface area contributed by atoms with Crippen LogP contribution in [0.5, 0.6) is 0 Å². The maximum absolute atomic E-state index is 12.3. The average Bonchev–Trinajstić information content (AvgIpc) is 2.53. The number of aliphatic hydroxyl groups is 1. The van der Waals surface area contributed by atoms with Crippen LogP contribution in [0.25, 0.3) is 0 Å². The summed E-state index contributed by atoms with van der Waals surface area (Å²) in [6.45, 7) is 7.69. The number of nitrogens with one attached hydrogen (secondary N) is 2. The van der Waals surface area contributed by atoms with Crippen molar-refractivity contribution in [2.75, 3.05) is 19.8 Å². The molecule has 1 atom stereocenters. The Morgan fingerprint density at radius 3 is 2.58 bits per heavy atom. The lowest BCUT2D eigenvalue weighted by molar-refractivity contribution is -0.0600. The first-order valence-electron chi connectivity index (χ1n) is 8.80. The molecule has 1 aromatic rings. The second-order valence-corrected chi connectivity index (χ2v) is 7.20. The van der Waals surface area contributed by atoms with Crippen molar-refractivity contribution in [1.29, 1.82) is 0 Å². The Labute approximate surface area is 144 Å². The van der Waals surface area contributed by atoms with Gasteiger partial charge < -0.3 is 20.5 Å². The van der Waals surface area contributed by atoms with Crippen molar-refractivity contribution in [3.8, 4) is 0 Å². The molecule has 5 heteroatoms. The maximum atomic E-state index is 12.3. The fourth-order valence-corrected chi connectivity index (χ4v) is 3.10. The van der Waals surface area contributed by atoms with E-state index in [1.54, 1.807) is 0 Å². The number of amides is 2. The Balaban J connectivity index is 1.96. The Morgan fingerprint density at radius 1 is 1.29 bits per heavy atom. The molecule has 1 aromatic carbocycles. The molecule has 24 heavy (non-hydrogen) atoms. The van der Waals surface area contributed by atoms with E-state index in [9.17, 15) is 9.90 Å². The van der Waals surface area contributed by atoms with Crippen LogP contribution in [0.1, 0.15) is 50.3 Å². The zero-order valence-corrected chi connectivity index (χ0v) is 15.0. The number of rotatable bonds is 6. The lowest BCUT2D eigenvalue weighted by Gasteiger charge is -2.32. The molecule has 1 fully saturated rings. The lowest BCUT2D eigenvalue weighted by atomic mass is 9.93. The van der Waals surface area contributed by atoms with Gasteiger partial charge in [0.25, 0.3) is 0 Å². The Bertz CT molecular complexity index is 539. The zero-order chi connectivity index (χ0) is 17.6. The minimum absolute atomic E-state index is 0.0319. The highest BCUT2D eigenvalue weighted by molar-refractivity contribution is 5.74. The van der Waals surface area contributed by atoms with Gasteiger partial charge >= 0.3 is 6.03 Å². The van der Waals surface area contributed by atoms with Crippen LogP contribution >= 0.6 is 0 Å². The summed E-state index contributed by atoms with van der Waals surface area (Å²) in [5.74, 6) is 0.467. The van der Waals surface area contributed by atoms with Gasteiger partial charge in [0.1, 0.15) is 0 Å². The summed E-state index contributed by atoms with van der Waals surface area (Å²) in [6, 6.07) is 7.87. The molecular formula is C19H30N2O3. The molecule has 0 aliphatic carbocycles. The van der Waals surface area contributed by atoms with Gasteiger partial charge in [-0.05, 0) is 30.4 Å². The third-order valence-corrected chi connectivity index (χ3v) is 4.58. The highest BCUT2D eigenvalue weighted by Crippen LogP contribution is 2.24. The number of benzene rings is 1. The van der Waals surface area contributed by atoms with Crippen LogP contribution in [0.3, 0.4) is 0 Å². The van der Waals surface area contributed by atoms with E-state index in [0.717, 1.165) is 12.0 Å². The van der Waals surface area contributed by atoms with E-state index in [2.05, 4.69) is 43.5 Å². The van der Waals surface area contributed by atoms with Gasteiger partial charge in [0, 0.05) is 32.6 Å². The van der Waals surface area contributed by atoms with Gasteiger partial charge in [-0.2, -0.15) is 0 Å². The Hall–Kier alpha value is -1.59. The van der Waals surface area contributed by atoms with Crippen molar-refractivity contribution in [3.05, 3.63) is 35.4 Å². The van der Waals surface area contributed by atoms with E-state index in [0.29, 0.717) is 32.0 Å². The number of hydrogen-bond donors (Lipinski definition) is 3. The molecule has 0 bridgehead atoms. The van der Waals surface area contributed by atoms with Crippen molar-refractivity contribution >= 4 is 6.03 Å². The molecule has 134 valence electrons. The molecule has 1 unspecified atom stereocenters. The van der Waals surface area contributed by atoms with Crippen LogP contribution in [0.4, 0.5) is 4.79 Å². The van der Waals surface area contributed by atoms with Crippen molar-refractivity contribution < 1.29 is 14.6 Å². The van der Waals surface area contributed by atoms with Gasteiger partial charge in [0.15, 0.2) is 0 Å². The van der Waals surface area contributed by atoms with Gasteiger partial charge in [0.2, 0.25) is 0 Å². The SMILES string of the molecule is Cc1ccccc1C(CC(C)C)NC(=O)NCC1(O)CCOCC1. The molecule has 1 aliphatic rings. The van der Waals surface area contributed by atoms with E-state index in [4.69, 9.17) is 4.74 Å². The number of carbonyl (C=O) groups is 1. The summed E-state index contributed by atoms with van der Waals surface area (Å²) >= 11 is 0. The predicted octanol–water partition coefficient (Wildman–Crippen LogP) is 2.92. The largest absolute Gasteiger partial charge is 0.388 e. The maximum Gasteiger partial charge on any atom is 0.315 e. The molecular weight excluding hydrogens is 304 g/mol. The second-order valence-electron chi connectivity index (χ2n) is 7.20. The molecule has 2 rings (SSSR count). The first-order chi connectivity index (χ1) is 11.4. The summed E-state index contributed by atoms with van der Waals surface area (Å²) in [6.07, 6.45) is 1.98. The zero-order valence-electron chi connectivity index (χ0n) is 15.0. The van der Waals surface area contributed by atoms with Crippen LogP contribution < -0.4 is 10.6 Å². The van der Waals surface area contributed by atoms with Gasteiger partial charge in [-0.1, -0.05) is 38.1 Å². The average molecular weight is 334 g/mol. The molecule has 0 aromatic heterocycles. The molecule has 1 aliphatic heterocycles. The monoisotopic (exact) mass is 334 g/mol. The first-order valence-corrected chi connectivity index (χ1v) is 8.80. The Kier molecular flexibility index (Phi) is 6.63. The molecule has 0 radical (unpaired) electrons.